The molecule has 8 heteroatoms. The zero-order chi connectivity index (χ0) is 16.3. The normalized spacial score (nSPS) is 20.2. The van der Waals surface area contributed by atoms with Gasteiger partial charge in [0.1, 0.15) is 0 Å². The number of nitrogen functional groups attached to an aromatic ring is 1. The zero-order valence-corrected chi connectivity index (χ0v) is 12.9. The summed E-state index contributed by atoms with van der Waals surface area (Å²) in [5, 5.41) is 0. The molecule has 2 heterocycles. The lowest BCUT2D eigenvalue weighted by molar-refractivity contribution is 0.00578. The highest BCUT2D eigenvalue weighted by atomic mass is 19.3. The van der Waals surface area contributed by atoms with Crippen LogP contribution < -0.4 is 11.2 Å². The molecule has 22 heavy (non-hydrogen) atoms. The Bertz CT molecular complexity index is 714. The summed E-state index contributed by atoms with van der Waals surface area (Å²) < 4.78 is 39.3. The van der Waals surface area contributed by atoms with Gasteiger partial charge in [0.25, 0.3) is 0 Å². The third-order valence-corrected chi connectivity index (χ3v) is 4.47. The molecule has 0 unspecified atom stereocenters. The molecule has 1 aromatic heterocycles. The third-order valence-electron chi connectivity index (χ3n) is 4.47. The second-order valence-corrected chi connectivity index (χ2v) is 6.42. The molecular formula is C14H18BF2N3O2. The fourth-order valence-corrected chi connectivity index (χ4v) is 2.55. The van der Waals surface area contributed by atoms with Crippen LogP contribution in [0.25, 0.3) is 11.0 Å². The van der Waals surface area contributed by atoms with Crippen molar-refractivity contribution in [1.29, 1.82) is 0 Å². The van der Waals surface area contributed by atoms with Crippen molar-refractivity contribution in [2.24, 2.45) is 0 Å². The van der Waals surface area contributed by atoms with Crippen molar-refractivity contribution >= 4 is 29.6 Å². The van der Waals surface area contributed by atoms with Crippen LogP contribution in [0.3, 0.4) is 0 Å². The van der Waals surface area contributed by atoms with Crippen LogP contribution in [0.2, 0.25) is 0 Å². The maximum Gasteiger partial charge on any atom is 0.497 e. The summed E-state index contributed by atoms with van der Waals surface area (Å²) >= 11 is 0. The summed E-state index contributed by atoms with van der Waals surface area (Å²) in [5.41, 5.74) is 5.65. The van der Waals surface area contributed by atoms with Gasteiger partial charge in [0.2, 0.25) is 5.95 Å². The Kier molecular flexibility index (Phi) is 3.23. The van der Waals surface area contributed by atoms with E-state index in [1.165, 1.54) is 0 Å². The average Bonchev–Trinajstić information content (AvgIpc) is 2.82. The van der Waals surface area contributed by atoms with Gasteiger partial charge in [-0.1, -0.05) is 12.1 Å². The number of halogens is 2. The third kappa shape index (κ3) is 2.09. The number of para-hydroxylation sites is 1. The molecule has 1 aromatic carbocycles. The molecule has 0 radical (unpaired) electrons. The lowest BCUT2D eigenvalue weighted by Crippen LogP contribution is -2.41. The van der Waals surface area contributed by atoms with Crippen LogP contribution in [0, 0.1) is 0 Å². The minimum Gasteiger partial charge on any atom is -0.399 e. The first-order valence-corrected chi connectivity index (χ1v) is 7.04. The van der Waals surface area contributed by atoms with E-state index < -0.39 is 24.9 Å². The molecule has 1 fully saturated rings. The molecule has 0 aliphatic carbocycles. The van der Waals surface area contributed by atoms with Crippen molar-refractivity contribution in [3.63, 3.8) is 0 Å². The van der Waals surface area contributed by atoms with Gasteiger partial charge in [-0.3, -0.25) is 4.57 Å². The van der Waals surface area contributed by atoms with E-state index in [4.69, 9.17) is 15.0 Å². The Labute approximate surface area is 127 Å². The Hall–Kier alpha value is -1.67. The van der Waals surface area contributed by atoms with E-state index in [2.05, 4.69) is 4.98 Å². The summed E-state index contributed by atoms with van der Waals surface area (Å²) in [7, 11) is -0.748. The molecule has 5 nitrogen and oxygen atoms in total. The predicted octanol–water partition coefficient (Wildman–Crippen LogP) is 2.31. The highest BCUT2D eigenvalue weighted by molar-refractivity contribution is 6.65. The first-order chi connectivity index (χ1) is 10.1. The van der Waals surface area contributed by atoms with Crippen LogP contribution in [0.5, 0.6) is 0 Å². The molecule has 2 aromatic rings. The number of alkyl halides is 2. The van der Waals surface area contributed by atoms with Gasteiger partial charge >= 0.3 is 13.7 Å². The molecule has 0 bridgehead atoms. The Balaban J connectivity index is 2.17. The lowest BCUT2D eigenvalue weighted by Gasteiger charge is -2.32. The summed E-state index contributed by atoms with van der Waals surface area (Å²) in [4.78, 5) is 3.99. The molecule has 0 spiro atoms. The van der Waals surface area contributed by atoms with E-state index in [1.54, 1.807) is 18.2 Å². The molecule has 118 valence electrons. The van der Waals surface area contributed by atoms with E-state index in [-0.39, 0.29) is 11.5 Å². The number of nitrogens with two attached hydrogens (primary N) is 1. The number of anilines is 1. The van der Waals surface area contributed by atoms with E-state index in [0.717, 1.165) is 0 Å². The van der Waals surface area contributed by atoms with Crippen LogP contribution in [0.1, 0.15) is 34.2 Å². The van der Waals surface area contributed by atoms with Crippen molar-refractivity contribution in [2.45, 2.75) is 45.4 Å². The Morgan fingerprint density at radius 2 is 1.77 bits per heavy atom. The summed E-state index contributed by atoms with van der Waals surface area (Å²) in [6, 6.07) is 5.06. The lowest BCUT2D eigenvalue weighted by atomic mass is 9.78. The number of hydrogen-bond donors (Lipinski definition) is 1. The van der Waals surface area contributed by atoms with E-state index >= 15 is 0 Å². The smallest absolute Gasteiger partial charge is 0.399 e. The highest BCUT2D eigenvalue weighted by Crippen LogP contribution is 2.37. The molecular weight excluding hydrogens is 291 g/mol. The van der Waals surface area contributed by atoms with Gasteiger partial charge in [0.15, 0.2) is 0 Å². The van der Waals surface area contributed by atoms with E-state index in [0.29, 0.717) is 15.5 Å². The van der Waals surface area contributed by atoms with Crippen LogP contribution in [0.15, 0.2) is 18.2 Å². The van der Waals surface area contributed by atoms with Crippen molar-refractivity contribution < 1.29 is 18.1 Å². The number of hydrogen-bond acceptors (Lipinski definition) is 4. The molecule has 0 saturated carbocycles. The summed E-state index contributed by atoms with van der Waals surface area (Å²) in [6.07, 6.45) is 0. The first kappa shape index (κ1) is 15.2. The maximum atomic E-state index is 13.3. The van der Waals surface area contributed by atoms with Gasteiger partial charge in [0, 0.05) is 5.46 Å². The van der Waals surface area contributed by atoms with Crippen LogP contribution in [-0.4, -0.2) is 27.9 Å². The highest BCUT2D eigenvalue weighted by Gasteiger charge is 2.52. The van der Waals surface area contributed by atoms with Crippen LogP contribution in [-0.2, 0) is 9.31 Å². The quantitative estimate of drug-likeness (QED) is 0.865. The Morgan fingerprint density at radius 3 is 2.32 bits per heavy atom. The number of rotatable bonds is 2. The Morgan fingerprint density at radius 1 is 1.18 bits per heavy atom. The van der Waals surface area contributed by atoms with Crippen LogP contribution >= 0.6 is 0 Å². The monoisotopic (exact) mass is 309 g/mol. The van der Waals surface area contributed by atoms with Crippen molar-refractivity contribution in [1.82, 2.24) is 9.55 Å². The number of benzene rings is 1. The molecule has 0 amide bonds. The van der Waals surface area contributed by atoms with Crippen molar-refractivity contribution in [3.05, 3.63) is 18.2 Å². The van der Waals surface area contributed by atoms with Gasteiger partial charge in [-0.05, 0) is 33.8 Å². The van der Waals surface area contributed by atoms with Crippen LogP contribution in [0.4, 0.5) is 14.7 Å². The molecule has 1 aliphatic heterocycles. The van der Waals surface area contributed by atoms with Crippen molar-refractivity contribution in [3.8, 4) is 0 Å². The van der Waals surface area contributed by atoms with Crippen molar-refractivity contribution in [2.75, 3.05) is 5.73 Å². The topological polar surface area (TPSA) is 62.3 Å². The number of imidazole rings is 1. The first-order valence-electron chi connectivity index (χ1n) is 7.04. The summed E-state index contributed by atoms with van der Waals surface area (Å²) in [6.45, 7) is 4.85. The largest absolute Gasteiger partial charge is 0.497 e. The molecule has 2 N–H and O–H groups in total. The SMILES string of the molecule is CC1(C)OB(c2cccc3nc(N)n(C(F)F)c23)OC1(C)C. The van der Waals surface area contributed by atoms with Gasteiger partial charge < -0.3 is 15.0 Å². The summed E-state index contributed by atoms with van der Waals surface area (Å²) in [5.74, 6) is -0.228. The minimum absolute atomic E-state index is 0.228. The zero-order valence-electron chi connectivity index (χ0n) is 12.9. The maximum absolute atomic E-state index is 13.3. The van der Waals surface area contributed by atoms with Gasteiger partial charge in [0.05, 0.1) is 22.2 Å². The second-order valence-electron chi connectivity index (χ2n) is 6.42. The molecule has 0 atom stereocenters. The van der Waals surface area contributed by atoms with Gasteiger partial charge in [-0.25, -0.2) is 4.98 Å². The molecule has 3 rings (SSSR count). The fraction of sp³-hybridized carbons (Fsp3) is 0.500. The number of fused-ring (bicyclic) bond motifs is 1. The second kappa shape index (κ2) is 4.66. The van der Waals surface area contributed by atoms with Gasteiger partial charge in [-0.2, -0.15) is 8.78 Å². The fourth-order valence-electron chi connectivity index (χ4n) is 2.55. The molecule has 1 aliphatic rings. The van der Waals surface area contributed by atoms with Gasteiger partial charge in [-0.15, -0.1) is 0 Å². The molecule has 1 saturated heterocycles. The van der Waals surface area contributed by atoms with E-state index in [1.807, 2.05) is 27.7 Å². The number of nitrogens with zero attached hydrogens (tertiary/aromatic N) is 2. The average molecular weight is 309 g/mol. The predicted molar refractivity (Wildman–Crippen MR) is 81.1 cm³/mol. The van der Waals surface area contributed by atoms with E-state index in [9.17, 15) is 8.78 Å². The standard InChI is InChI=1S/C14H18BF2N3O2/c1-13(2)14(3,4)22-15(21-13)8-6-5-7-9-10(8)20(11(16)17)12(18)19-9/h5-7,11H,1-4H3,(H2,18,19). The minimum atomic E-state index is -2.78. The number of aromatic nitrogens is 2.